The topological polar surface area (TPSA) is 120 Å². The summed E-state index contributed by atoms with van der Waals surface area (Å²) in [7, 11) is -0.586. The lowest BCUT2D eigenvalue weighted by Crippen LogP contribution is -2.35. The van der Waals surface area contributed by atoms with E-state index in [1.807, 2.05) is 0 Å². The summed E-state index contributed by atoms with van der Waals surface area (Å²) in [5, 5.41) is 0. The number of hydrogen-bond acceptors (Lipinski definition) is 8. The lowest BCUT2D eigenvalue weighted by atomic mass is 10.4. The van der Waals surface area contributed by atoms with Gasteiger partial charge in [-0.3, -0.25) is 5.43 Å². The van der Waals surface area contributed by atoms with E-state index in [1.54, 1.807) is 7.11 Å². The minimum absolute atomic E-state index is 0.00928. The Labute approximate surface area is 124 Å². The summed E-state index contributed by atoms with van der Waals surface area (Å²) >= 11 is 0. The number of ether oxygens (including phenoxy) is 2. The van der Waals surface area contributed by atoms with Crippen molar-refractivity contribution in [3.8, 4) is 0 Å². The number of rotatable bonds is 10. The standard InChI is InChI=1S/C11H21N5O4S/c1-19-6-3-4-16(5-7-20-2)21(17,18)10-8-13-11(15-12)14-9-10/h8-9H,3-7,12H2,1-2H3,(H,13,14,15). The molecule has 0 saturated carbocycles. The molecule has 1 rings (SSSR count). The minimum atomic E-state index is -3.67. The van der Waals surface area contributed by atoms with Crippen LogP contribution in [0.1, 0.15) is 6.42 Å². The summed E-state index contributed by atoms with van der Waals surface area (Å²) < 4.78 is 36.3. The molecule has 9 nitrogen and oxygen atoms in total. The third-order valence-electron chi connectivity index (χ3n) is 2.70. The molecule has 0 aromatic carbocycles. The van der Waals surface area contributed by atoms with Crippen molar-refractivity contribution in [3.05, 3.63) is 12.4 Å². The molecular weight excluding hydrogens is 298 g/mol. The highest BCUT2D eigenvalue weighted by Crippen LogP contribution is 2.14. The molecule has 1 aromatic rings. The van der Waals surface area contributed by atoms with Crippen LogP contribution in [-0.2, 0) is 19.5 Å². The maximum absolute atomic E-state index is 12.5. The van der Waals surface area contributed by atoms with E-state index in [1.165, 1.54) is 23.8 Å². The fraction of sp³-hybridized carbons (Fsp3) is 0.636. The highest BCUT2D eigenvalue weighted by atomic mass is 32.2. The number of nitrogens with two attached hydrogens (primary N) is 1. The van der Waals surface area contributed by atoms with Crippen LogP contribution in [0.25, 0.3) is 0 Å². The van der Waals surface area contributed by atoms with Crippen molar-refractivity contribution in [1.82, 2.24) is 14.3 Å². The summed E-state index contributed by atoms with van der Waals surface area (Å²) in [4.78, 5) is 7.64. The Morgan fingerprint density at radius 3 is 2.33 bits per heavy atom. The molecule has 0 spiro atoms. The van der Waals surface area contributed by atoms with Gasteiger partial charge in [0.05, 0.1) is 19.0 Å². The van der Waals surface area contributed by atoms with Crippen LogP contribution in [0, 0.1) is 0 Å². The lowest BCUT2D eigenvalue weighted by Gasteiger charge is -2.21. The van der Waals surface area contributed by atoms with E-state index in [9.17, 15) is 8.42 Å². The molecule has 10 heteroatoms. The fourth-order valence-electron chi connectivity index (χ4n) is 1.60. The zero-order valence-electron chi connectivity index (χ0n) is 12.2. The van der Waals surface area contributed by atoms with Gasteiger partial charge in [-0.2, -0.15) is 4.31 Å². The number of hydrazine groups is 1. The normalized spacial score (nSPS) is 11.8. The molecule has 1 heterocycles. The number of hydrogen-bond donors (Lipinski definition) is 2. The van der Waals surface area contributed by atoms with Crippen LogP contribution < -0.4 is 11.3 Å². The van der Waals surface area contributed by atoms with Crippen LogP contribution in [-0.4, -0.2) is 63.2 Å². The first-order valence-electron chi connectivity index (χ1n) is 6.33. The van der Waals surface area contributed by atoms with Crippen molar-refractivity contribution < 1.29 is 17.9 Å². The van der Waals surface area contributed by atoms with Crippen LogP contribution in [0.3, 0.4) is 0 Å². The molecule has 1 aromatic heterocycles. The fourth-order valence-corrected chi connectivity index (χ4v) is 2.96. The molecule has 3 N–H and O–H groups in total. The first-order chi connectivity index (χ1) is 10.1. The molecule has 0 atom stereocenters. The Balaban J connectivity index is 2.89. The molecule has 0 fully saturated rings. The SMILES string of the molecule is COCCCN(CCOC)S(=O)(=O)c1cnc(NN)nc1. The van der Waals surface area contributed by atoms with Gasteiger partial charge in [0.1, 0.15) is 4.90 Å². The molecule has 120 valence electrons. The summed E-state index contributed by atoms with van der Waals surface area (Å²) in [5.41, 5.74) is 2.24. The molecule has 0 saturated heterocycles. The minimum Gasteiger partial charge on any atom is -0.385 e. The van der Waals surface area contributed by atoms with E-state index in [4.69, 9.17) is 15.3 Å². The number of sulfonamides is 1. The van der Waals surface area contributed by atoms with Gasteiger partial charge in [0.15, 0.2) is 0 Å². The second kappa shape index (κ2) is 8.85. The van der Waals surface area contributed by atoms with Crippen LogP contribution in [0.5, 0.6) is 0 Å². The van der Waals surface area contributed by atoms with Gasteiger partial charge >= 0.3 is 0 Å². The van der Waals surface area contributed by atoms with Crippen molar-refractivity contribution >= 4 is 16.0 Å². The van der Waals surface area contributed by atoms with Crippen LogP contribution in [0.2, 0.25) is 0 Å². The highest BCUT2D eigenvalue weighted by molar-refractivity contribution is 7.89. The van der Waals surface area contributed by atoms with E-state index in [2.05, 4.69) is 15.4 Å². The molecule has 0 radical (unpaired) electrons. The molecule has 0 unspecified atom stereocenters. The van der Waals surface area contributed by atoms with Crippen molar-refractivity contribution in [2.75, 3.05) is 45.9 Å². The quantitative estimate of drug-likeness (QED) is 0.334. The Morgan fingerprint density at radius 1 is 1.19 bits per heavy atom. The number of methoxy groups -OCH3 is 2. The maximum Gasteiger partial charge on any atom is 0.246 e. The van der Waals surface area contributed by atoms with Gasteiger partial charge in [0.2, 0.25) is 16.0 Å². The Morgan fingerprint density at radius 2 is 1.81 bits per heavy atom. The molecule has 21 heavy (non-hydrogen) atoms. The molecule has 0 bridgehead atoms. The predicted octanol–water partition coefficient (Wildman–Crippen LogP) is -0.564. The zero-order valence-corrected chi connectivity index (χ0v) is 13.0. The third kappa shape index (κ3) is 5.17. The zero-order chi connectivity index (χ0) is 15.7. The molecule has 0 aliphatic rings. The average Bonchev–Trinajstić information content (AvgIpc) is 2.50. The smallest absolute Gasteiger partial charge is 0.246 e. The number of anilines is 1. The third-order valence-corrected chi connectivity index (χ3v) is 4.55. The Kier molecular flexibility index (Phi) is 7.47. The van der Waals surface area contributed by atoms with Gasteiger partial charge < -0.3 is 9.47 Å². The number of aromatic nitrogens is 2. The lowest BCUT2D eigenvalue weighted by molar-refractivity contribution is 0.164. The summed E-state index contributed by atoms with van der Waals surface area (Å²) in [6.07, 6.45) is 3.02. The van der Waals surface area contributed by atoms with Gasteiger partial charge in [-0.15, -0.1) is 0 Å². The molecule has 0 aliphatic heterocycles. The largest absolute Gasteiger partial charge is 0.385 e. The predicted molar refractivity (Wildman–Crippen MR) is 77.0 cm³/mol. The number of nitrogens with one attached hydrogen (secondary N) is 1. The molecule has 0 amide bonds. The second-order valence-corrected chi connectivity index (χ2v) is 6.07. The molecule has 0 aliphatic carbocycles. The van der Waals surface area contributed by atoms with Crippen molar-refractivity contribution in [1.29, 1.82) is 0 Å². The monoisotopic (exact) mass is 319 g/mol. The van der Waals surface area contributed by atoms with Crippen LogP contribution in [0.15, 0.2) is 17.3 Å². The van der Waals surface area contributed by atoms with Crippen LogP contribution >= 0.6 is 0 Å². The Hall–Kier alpha value is -1.33. The van der Waals surface area contributed by atoms with E-state index in [-0.39, 0.29) is 17.4 Å². The van der Waals surface area contributed by atoms with Gasteiger partial charge in [0, 0.05) is 33.9 Å². The van der Waals surface area contributed by atoms with Crippen LogP contribution in [0.4, 0.5) is 5.95 Å². The number of nitrogen functional groups attached to an aromatic ring is 1. The Bertz CT molecular complexity index is 508. The van der Waals surface area contributed by atoms with Crippen molar-refractivity contribution in [2.24, 2.45) is 5.84 Å². The van der Waals surface area contributed by atoms with E-state index < -0.39 is 10.0 Å². The average molecular weight is 319 g/mol. The number of nitrogens with zero attached hydrogens (tertiary/aromatic N) is 3. The van der Waals surface area contributed by atoms with Gasteiger partial charge in [-0.1, -0.05) is 0 Å². The van der Waals surface area contributed by atoms with Gasteiger partial charge in [-0.05, 0) is 6.42 Å². The van der Waals surface area contributed by atoms with Gasteiger partial charge in [0.25, 0.3) is 0 Å². The highest BCUT2D eigenvalue weighted by Gasteiger charge is 2.24. The second-order valence-electron chi connectivity index (χ2n) is 4.13. The van der Waals surface area contributed by atoms with E-state index >= 15 is 0 Å². The summed E-state index contributed by atoms with van der Waals surface area (Å²) in [6.45, 7) is 1.36. The first kappa shape index (κ1) is 17.7. The summed E-state index contributed by atoms with van der Waals surface area (Å²) in [5.74, 6) is 5.30. The van der Waals surface area contributed by atoms with Crippen molar-refractivity contribution in [3.63, 3.8) is 0 Å². The summed E-state index contributed by atoms with van der Waals surface area (Å²) in [6, 6.07) is 0. The molecular formula is C11H21N5O4S. The van der Waals surface area contributed by atoms with E-state index in [0.29, 0.717) is 26.2 Å². The first-order valence-corrected chi connectivity index (χ1v) is 7.77. The van der Waals surface area contributed by atoms with E-state index in [0.717, 1.165) is 0 Å². The van der Waals surface area contributed by atoms with Crippen molar-refractivity contribution in [2.45, 2.75) is 11.3 Å². The maximum atomic E-state index is 12.5. The van der Waals surface area contributed by atoms with Gasteiger partial charge in [-0.25, -0.2) is 24.2 Å².